The Kier molecular flexibility index (Phi) is 6.12. The summed E-state index contributed by atoms with van der Waals surface area (Å²) in [7, 11) is 1.33. The van der Waals surface area contributed by atoms with Gasteiger partial charge in [0.2, 0.25) is 0 Å². The van der Waals surface area contributed by atoms with Crippen molar-refractivity contribution in [1.29, 1.82) is 0 Å². The Bertz CT molecular complexity index is 1010. The first kappa shape index (κ1) is 19.9. The van der Waals surface area contributed by atoms with Crippen LogP contribution in [0.1, 0.15) is 18.9 Å². The van der Waals surface area contributed by atoms with Gasteiger partial charge in [0.1, 0.15) is 10.9 Å². The molecule has 0 unspecified atom stereocenters. The number of ether oxygens (including phenoxy) is 1. The average molecular weight is 420 g/mol. The van der Waals surface area contributed by atoms with Crippen molar-refractivity contribution in [2.45, 2.75) is 44.2 Å². The molecule has 0 radical (unpaired) electrons. The van der Waals surface area contributed by atoms with Crippen LogP contribution >= 0.6 is 11.8 Å². The summed E-state index contributed by atoms with van der Waals surface area (Å²) in [5.41, 5.74) is 1.96. The van der Waals surface area contributed by atoms with Crippen molar-refractivity contribution >= 4 is 28.6 Å². The number of fused-ring (bicyclic) bond motifs is 2. The number of benzene rings is 3. The molecule has 3 aromatic carbocycles. The number of methoxy groups -OCH3 is 1. The Balaban J connectivity index is 1.61. The third-order valence-corrected chi connectivity index (χ3v) is 8.74. The van der Waals surface area contributed by atoms with E-state index in [-0.39, 0.29) is 16.9 Å². The molecule has 4 heteroatoms. The SMILES string of the molecule is C/C=C(\CCc1ccc([S+]2c3ccccc3Sc3ccccc32)cc1)C(=O)OC. The van der Waals surface area contributed by atoms with Gasteiger partial charge in [-0.15, -0.1) is 0 Å². The van der Waals surface area contributed by atoms with Gasteiger partial charge in [-0.1, -0.05) is 54.2 Å². The van der Waals surface area contributed by atoms with E-state index in [1.807, 2.05) is 24.8 Å². The molecular formula is C25H23O2S2+. The van der Waals surface area contributed by atoms with Crippen LogP contribution in [0.5, 0.6) is 0 Å². The van der Waals surface area contributed by atoms with Gasteiger partial charge in [0.15, 0.2) is 14.7 Å². The highest BCUT2D eigenvalue weighted by Crippen LogP contribution is 2.47. The van der Waals surface area contributed by atoms with Crippen LogP contribution < -0.4 is 0 Å². The minimum Gasteiger partial charge on any atom is -0.466 e. The molecule has 3 aromatic rings. The van der Waals surface area contributed by atoms with E-state index in [1.165, 1.54) is 37.2 Å². The molecule has 0 saturated carbocycles. The molecule has 29 heavy (non-hydrogen) atoms. The highest BCUT2D eigenvalue weighted by Gasteiger charge is 2.37. The molecule has 4 rings (SSSR count). The van der Waals surface area contributed by atoms with Crippen LogP contribution in [0.4, 0.5) is 0 Å². The van der Waals surface area contributed by atoms with Crippen LogP contribution in [0, 0.1) is 0 Å². The second-order valence-electron chi connectivity index (χ2n) is 6.75. The second-order valence-corrected chi connectivity index (χ2v) is 9.80. The van der Waals surface area contributed by atoms with Crippen molar-refractivity contribution < 1.29 is 9.53 Å². The van der Waals surface area contributed by atoms with Crippen LogP contribution in [-0.2, 0) is 26.8 Å². The fourth-order valence-electron chi connectivity index (χ4n) is 3.46. The Morgan fingerprint density at radius 3 is 2.07 bits per heavy atom. The molecule has 146 valence electrons. The lowest BCUT2D eigenvalue weighted by molar-refractivity contribution is -0.136. The number of rotatable bonds is 5. The fraction of sp³-hybridized carbons (Fsp3) is 0.160. The molecular weight excluding hydrogens is 396 g/mol. The predicted octanol–water partition coefficient (Wildman–Crippen LogP) is 6.30. The number of allylic oxidation sites excluding steroid dienone is 1. The molecule has 2 nitrogen and oxygen atoms in total. The minimum atomic E-state index is -0.237. The minimum absolute atomic E-state index is 0.0956. The fourth-order valence-corrected chi connectivity index (χ4v) is 7.20. The summed E-state index contributed by atoms with van der Waals surface area (Å²) in [5, 5.41) is 0. The molecule has 0 aliphatic carbocycles. The topological polar surface area (TPSA) is 26.3 Å². The van der Waals surface area contributed by atoms with Gasteiger partial charge >= 0.3 is 5.97 Å². The maximum Gasteiger partial charge on any atom is 0.333 e. The quantitative estimate of drug-likeness (QED) is 0.216. The summed E-state index contributed by atoms with van der Waals surface area (Å²) < 4.78 is 4.85. The maximum absolute atomic E-state index is 11.8. The van der Waals surface area contributed by atoms with Gasteiger partial charge in [0.05, 0.1) is 16.9 Å². The van der Waals surface area contributed by atoms with E-state index in [2.05, 4.69) is 72.8 Å². The van der Waals surface area contributed by atoms with E-state index in [0.29, 0.717) is 6.42 Å². The summed E-state index contributed by atoms with van der Waals surface area (Å²) >= 11 is 1.86. The molecule has 0 atom stereocenters. The Morgan fingerprint density at radius 1 is 0.931 bits per heavy atom. The van der Waals surface area contributed by atoms with Crippen molar-refractivity contribution in [3.05, 3.63) is 90.0 Å². The highest BCUT2D eigenvalue weighted by atomic mass is 32.2. The largest absolute Gasteiger partial charge is 0.466 e. The van der Waals surface area contributed by atoms with Crippen molar-refractivity contribution in [1.82, 2.24) is 0 Å². The predicted molar refractivity (Wildman–Crippen MR) is 120 cm³/mol. The van der Waals surface area contributed by atoms with E-state index in [9.17, 15) is 4.79 Å². The van der Waals surface area contributed by atoms with E-state index in [1.54, 1.807) is 0 Å². The van der Waals surface area contributed by atoms with Crippen LogP contribution in [-0.4, -0.2) is 13.1 Å². The molecule has 0 aromatic heterocycles. The first-order valence-electron chi connectivity index (χ1n) is 9.64. The third-order valence-electron chi connectivity index (χ3n) is 5.00. The summed E-state index contributed by atoms with van der Waals surface area (Å²) in [4.78, 5) is 18.6. The number of carbonyl (C=O) groups excluding carboxylic acids is 1. The maximum atomic E-state index is 11.8. The Morgan fingerprint density at radius 2 is 1.52 bits per heavy atom. The Hall–Kier alpha value is -2.43. The van der Waals surface area contributed by atoms with Gasteiger partial charge in [-0.25, -0.2) is 4.79 Å². The highest BCUT2D eigenvalue weighted by molar-refractivity contribution is 8.04. The lowest BCUT2D eigenvalue weighted by Crippen LogP contribution is -2.11. The summed E-state index contributed by atoms with van der Waals surface area (Å²) in [6.07, 6.45) is 3.36. The summed E-state index contributed by atoms with van der Waals surface area (Å²) in [6.45, 7) is 1.88. The standard InChI is InChI=1S/C25H23O2S2/c1-3-19(25(26)27-2)15-12-18-13-16-20(17-14-18)29-23-10-6-4-8-21(23)28-22-9-5-7-11-24(22)29/h3-11,13-14,16-17H,12,15H2,1-2H3/q+1/b19-3+. The van der Waals surface area contributed by atoms with Crippen LogP contribution in [0.3, 0.4) is 0 Å². The van der Waals surface area contributed by atoms with Gasteiger partial charge in [0.25, 0.3) is 0 Å². The van der Waals surface area contributed by atoms with Gasteiger partial charge < -0.3 is 4.74 Å². The zero-order valence-corrected chi connectivity index (χ0v) is 18.2. The normalized spacial score (nSPS) is 13.5. The van der Waals surface area contributed by atoms with Crippen molar-refractivity contribution in [3.8, 4) is 0 Å². The summed E-state index contributed by atoms with van der Waals surface area (Å²) in [6, 6.07) is 26.3. The molecule has 0 N–H and O–H groups in total. The lowest BCUT2D eigenvalue weighted by Gasteiger charge is -2.18. The molecule has 0 bridgehead atoms. The Labute approximate surface area is 179 Å². The molecule has 0 saturated heterocycles. The van der Waals surface area contributed by atoms with E-state index in [0.717, 1.165) is 12.0 Å². The number of hydrogen-bond donors (Lipinski definition) is 0. The molecule has 1 heterocycles. The second kappa shape index (κ2) is 8.93. The van der Waals surface area contributed by atoms with Crippen molar-refractivity contribution in [3.63, 3.8) is 0 Å². The van der Waals surface area contributed by atoms with Crippen LogP contribution in [0.2, 0.25) is 0 Å². The molecule has 0 amide bonds. The van der Waals surface area contributed by atoms with Crippen LogP contribution in [0.15, 0.2) is 109 Å². The number of aryl methyl sites for hydroxylation is 1. The number of hydrogen-bond acceptors (Lipinski definition) is 3. The van der Waals surface area contributed by atoms with Gasteiger partial charge in [-0.2, -0.15) is 0 Å². The first-order valence-corrected chi connectivity index (χ1v) is 11.7. The summed E-state index contributed by atoms with van der Waals surface area (Å²) in [5.74, 6) is -0.237. The zero-order chi connectivity index (χ0) is 20.2. The molecule has 0 spiro atoms. The van der Waals surface area contributed by atoms with E-state index < -0.39 is 0 Å². The van der Waals surface area contributed by atoms with Gasteiger partial charge in [-0.3, -0.25) is 0 Å². The van der Waals surface area contributed by atoms with Gasteiger partial charge in [-0.05, 0) is 61.7 Å². The van der Waals surface area contributed by atoms with Gasteiger partial charge in [0, 0.05) is 5.57 Å². The van der Waals surface area contributed by atoms with E-state index in [4.69, 9.17) is 4.74 Å². The zero-order valence-electron chi connectivity index (χ0n) is 16.6. The molecule has 0 fully saturated rings. The average Bonchev–Trinajstić information content (AvgIpc) is 2.78. The van der Waals surface area contributed by atoms with Crippen LogP contribution in [0.25, 0.3) is 0 Å². The third kappa shape index (κ3) is 4.14. The van der Waals surface area contributed by atoms with Crippen molar-refractivity contribution in [2.24, 2.45) is 0 Å². The monoisotopic (exact) mass is 419 g/mol. The lowest BCUT2D eigenvalue weighted by atomic mass is 10.0. The molecule has 1 aliphatic heterocycles. The first-order chi connectivity index (χ1) is 14.2. The smallest absolute Gasteiger partial charge is 0.333 e. The number of esters is 1. The molecule has 1 aliphatic rings. The van der Waals surface area contributed by atoms with Crippen molar-refractivity contribution in [2.75, 3.05) is 7.11 Å². The van der Waals surface area contributed by atoms with E-state index >= 15 is 0 Å². The number of carbonyl (C=O) groups is 1.